The van der Waals surface area contributed by atoms with Crippen molar-refractivity contribution in [1.29, 1.82) is 0 Å². The third-order valence-corrected chi connectivity index (χ3v) is 11.0. The molecule has 0 aliphatic heterocycles. The van der Waals surface area contributed by atoms with Gasteiger partial charge < -0.3 is 4.42 Å². The lowest BCUT2D eigenvalue weighted by molar-refractivity contribution is 0.670. The lowest BCUT2D eigenvalue weighted by Gasteiger charge is -2.15. The molecule has 0 N–H and O–H groups in total. The SMILES string of the molecule is C1=CCC(c2nc(-c3ccc(-c4ccccc4)cc3)nc(-c3cccc4oc5c(-c6ccc7c8ccccc8c8ccccc8c7c6)cccc5c34)n2)C=C1. The molecule has 0 radical (unpaired) electrons. The number of benzene rings is 8. The van der Waals surface area contributed by atoms with Crippen molar-refractivity contribution < 1.29 is 4.42 Å². The lowest BCUT2D eigenvalue weighted by Crippen LogP contribution is -2.08. The van der Waals surface area contributed by atoms with Gasteiger partial charge >= 0.3 is 0 Å². The number of para-hydroxylation sites is 1. The molecular formula is C51H33N3O. The van der Waals surface area contributed by atoms with Crippen LogP contribution in [-0.4, -0.2) is 15.0 Å². The first-order valence-electron chi connectivity index (χ1n) is 18.8. The van der Waals surface area contributed by atoms with E-state index in [1.807, 2.05) is 18.2 Å². The summed E-state index contributed by atoms with van der Waals surface area (Å²) in [6.45, 7) is 0. The molecule has 2 heterocycles. The van der Waals surface area contributed by atoms with Crippen molar-refractivity contribution in [1.82, 2.24) is 15.0 Å². The van der Waals surface area contributed by atoms with Gasteiger partial charge in [-0.15, -0.1) is 0 Å². The smallest absolute Gasteiger partial charge is 0.164 e. The largest absolute Gasteiger partial charge is 0.455 e. The van der Waals surface area contributed by atoms with Gasteiger partial charge in [-0.2, -0.15) is 0 Å². The van der Waals surface area contributed by atoms with Crippen molar-refractivity contribution in [3.05, 3.63) is 188 Å². The maximum Gasteiger partial charge on any atom is 0.164 e. The van der Waals surface area contributed by atoms with Gasteiger partial charge in [0, 0.05) is 33.4 Å². The Morgan fingerprint density at radius 2 is 1.04 bits per heavy atom. The molecule has 0 saturated carbocycles. The summed E-state index contributed by atoms with van der Waals surface area (Å²) < 4.78 is 6.80. The predicted molar refractivity (Wildman–Crippen MR) is 227 cm³/mol. The number of aromatic nitrogens is 3. The zero-order valence-corrected chi connectivity index (χ0v) is 29.9. The van der Waals surface area contributed by atoms with Crippen molar-refractivity contribution in [2.75, 3.05) is 0 Å². The maximum absolute atomic E-state index is 6.80. The second-order valence-electron chi connectivity index (χ2n) is 14.3. The Hall–Kier alpha value is -7.17. The zero-order valence-electron chi connectivity index (χ0n) is 29.9. The van der Waals surface area contributed by atoms with Crippen LogP contribution in [0.4, 0.5) is 0 Å². The highest BCUT2D eigenvalue weighted by atomic mass is 16.3. The quantitative estimate of drug-likeness (QED) is 0.167. The van der Waals surface area contributed by atoms with Gasteiger partial charge in [-0.3, -0.25) is 0 Å². The maximum atomic E-state index is 6.80. The van der Waals surface area contributed by atoms with Gasteiger partial charge in [0.05, 0.1) is 0 Å². The van der Waals surface area contributed by atoms with Crippen LogP contribution in [0.3, 0.4) is 0 Å². The molecule has 0 spiro atoms. The van der Waals surface area contributed by atoms with Crippen LogP contribution in [0.25, 0.3) is 99.3 Å². The van der Waals surface area contributed by atoms with Gasteiger partial charge in [0.25, 0.3) is 0 Å². The van der Waals surface area contributed by atoms with E-state index in [1.165, 1.54) is 37.9 Å². The van der Waals surface area contributed by atoms with Crippen LogP contribution in [0, 0.1) is 0 Å². The first-order chi connectivity index (χ1) is 27.3. The summed E-state index contributed by atoms with van der Waals surface area (Å²) in [6.07, 6.45) is 9.35. The molecule has 0 amide bonds. The fourth-order valence-electron chi connectivity index (χ4n) is 8.36. The van der Waals surface area contributed by atoms with Gasteiger partial charge in [0.15, 0.2) is 11.6 Å². The molecule has 258 valence electrons. The van der Waals surface area contributed by atoms with E-state index in [0.29, 0.717) is 11.6 Å². The molecule has 0 saturated heterocycles. The average Bonchev–Trinajstić information content (AvgIpc) is 3.66. The van der Waals surface area contributed by atoms with Gasteiger partial charge in [0.2, 0.25) is 0 Å². The van der Waals surface area contributed by atoms with Crippen molar-refractivity contribution in [3.8, 4) is 45.0 Å². The van der Waals surface area contributed by atoms with E-state index in [9.17, 15) is 0 Å². The molecule has 1 aliphatic rings. The summed E-state index contributed by atoms with van der Waals surface area (Å²) in [5, 5.41) is 9.55. The van der Waals surface area contributed by atoms with E-state index < -0.39 is 0 Å². The Morgan fingerprint density at radius 3 is 1.78 bits per heavy atom. The van der Waals surface area contributed by atoms with Gasteiger partial charge in [-0.05, 0) is 67.6 Å². The number of allylic oxidation sites excluding steroid dienone is 4. The molecule has 1 aliphatic carbocycles. The van der Waals surface area contributed by atoms with Crippen molar-refractivity contribution >= 4 is 54.3 Å². The lowest BCUT2D eigenvalue weighted by atomic mass is 9.91. The highest BCUT2D eigenvalue weighted by Crippen LogP contribution is 2.42. The Bertz CT molecular complexity index is 3140. The number of hydrogen-bond donors (Lipinski definition) is 0. The summed E-state index contributed by atoms with van der Waals surface area (Å²) >= 11 is 0. The second kappa shape index (κ2) is 12.8. The van der Waals surface area contributed by atoms with Crippen LogP contribution in [0.1, 0.15) is 18.2 Å². The average molecular weight is 704 g/mol. The number of rotatable bonds is 5. The zero-order chi connectivity index (χ0) is 36.3. The predicted octanol–water partition coefficient (Wildman–Crippen LogP) is 13.5. The first kappa shape index (κ1) is 31.4. The third-order valence-electron chi connectivity index (χ3n) is 11.0. The van der Waals surface area contributed by atoms with Crippen LogP contribution in [0.15, 0.2) is 186 Å². The molecule has 4 heteroatoms. The van der Waals surface area contributed by atoms with Gasteiger partial charge in [-0.25, -0.2) is 15.0 Å². The van der Waals surface area contributed by atoms with Gasteiger partial charge in [0.1, 0.15) is 17.0 Å². The molecule has 1 unspecified atom stereocenters. The van der Waals surface area contributed by atoms with Crippen LogP contribution in [0.5, 0.6) is 0 Å². The topological polar surface area (TPSA) is 51.8 Å². The van der Waals surface area contributed by atoms with E-state index >= 15 is 0 Å². The van der Waals surface area contributed by atoms with Crippen molar-refractivity contribution in [3.63, 3.8) is 0 Å². The van der Waals surface area contributed by atoms with Crippen molar-refractivity contribution in [2.24, 2.45) is 0 Å². The summed E-state index contributed by atoms with van der Waals surface area (Å²) in [5.74, 6) is 2.11. The van der Waals surface area contributed by atoms with E-state index in [0.717, 1.165) is 62.0 Å². The minimum absolute atomic E-state index is 0.0575. The summed E-state index contributed by atoms with van der Waals surface area (Å²) in [4.78, 5) is 15.4. The van der Waals surface area contributed by atoms with E-state index in [2.05, 4.69) is 164 Å². The van der Waals surface area contributed by atoms with Gasteiger partial charge in [-0.1, -0.05) is 170 Å². The molecule has 8 aromatic carbocycles. The van der Waals surface area contributed by atoms with Crippen LogP contribution < -0.4 is 0 Å². The monoisotopic (exact) mass is 703 g/mol. The normalized spacial score (nSPS) is 14.1. The summed E-state index contributed by atoms with van der Waals surface area (Å²) in [7, 11) is 0. The van der Waals surface area contributed by atoms with E-state index in [4.69, 9.17) is 19.4 Å². The Kier molecular flexibility index (Phi) is 7.27. The molecule has 10 aromatic rings. The molecule has 11 rings (SSSR count). The molecular weight excluding hydrogens is 671 g/mol. The summed E-state index contributed by atoms with van der Waals surface area (Å²) in [5.41, 5.74) is 8.00. The highest BCUT2D eigenvalue weighted by molar-refractivity contribution is 6.26. The number of hydrogen-bond acceptors (Lipinski definition) is 4. The number of fused-ring (bicyclic) bond motifs is 9. The van der Waals surface area contributed by atoms with Crippen LogP contribution in [0.2, 0.25) is 0 Å². The fourth-order valence-corrected chi connectivity index (χ4v) is 8.36. The molecule has 0 bridgehead atoms. The number of furan rings is 1. The fraction of sp³-hybridized carbons (Fsp3) is 0.0392. The molecule has 1 atom stereocenters. The first-order valence-corrected chi connectivity index (χ1v) is 18.8. The van der Waals surface area contributed by atoms with Crippen molar-refractivity contribution in [2.45, 2.75) is 12.3 Å². The Balaban J connectivity index is 1.08. The molecule has 55 heavy (non-hydrogen) atoms. The molecule has 0 fully saturated rings. The second-order valence-corrected chi connectivity index (χ2v) is 14.3. The third kappa shape index (κ3) is 5.25. The minimum Gasteiger partial charge on any atom is -0.455 e. The van der Waals surface area contributed by atoms with Crippen LogP contribution in [-0.2, 0) is 0 Å². The van der Waals surface area contributed by atoms with Crippen LogP contribution >= 0.6 is 0 Å². The van der Waals surface area contributed by atoms with E-state index in [1.54, 1.807) is 0 Å². The Labute approximate surface area is 317 Å². The minimum atomic E-state index is 0.0575. The molecule has 4 nitrogen and oxygen atoms in total. The number of nitrogens with zero attached hydrogens (tertiary/aromatic N) is 3. The highest BCUT2D eigenvalue weighted by Gasteiger charge is 2.22. The molecule has 2 aromatic heterocycles. The summed E-state index contributed by atoms with van der Waals surface area (Å²) in [6, 6.07) is 55.8. The standard InChI is InChI=1S/C51H33N3O/c1-3-13-32(14-4-1)33-25-27-35(28-26-33)50-52-49(34-15-5-2-6-16-34)53-51(54-50)44-23-12-24-46-47(44)43-22-11-21-37(48(43)55-46)36-29-30-42-40-19-8-7-17-38(40)39-18-9-10-20-41(39)45(42)31-36/h1-15,17-31,34H,16H2. The Morgan fingerprint density at radius 1 is 0.436 bits per heavy atom. The van der Waals surface area contributed by atoms with E-state index in [-0.39, 0.29) is 5.92 Å².